The maximum Gasteiger partial charge on any atom is 0.323 e. The van der Waals surface area contributed by atoms with E-state index < -0.39 is 0 Å². The minimum atomic E-state index is -0.298. The molecular formula is C12H17ClN4O2. The van der Waals surface area contributed by atoms with Crippen molar-refractivity contribution in [1.29, 1.82) is 0 Å². The molecule has 0 aliphatic carbocycles. The zero-order valence-corrected chi connectivity index (χ0v) is 11.7. The first kappa shape index (κ1) is 14.0. The van der Waals surface area contributed by atoms with Crippen LogP contribution in [0.1, 0.15) is 19.5 Å². The van der Waals surface area contributed by atoms with Crippen molar-refractivity contribution in [2.45, 2.75) is 25.3 Å². The standard InChI is InChI=1S/C12H17ClN4O2/c1-12(2,7-13)9-3-4-10(16-15-9)17-8(6-18)5-14-11(17)19/h3-4,8,18H,5-7H2,1-2H3,(H,14,19). The lowest BCUT2D eigenvalue weighted by molar-refractivity contribution is 0.247. The Morgan fingerprint density at radius 1 is 1.53 bits per heavy atom. The molecule has 1 unspecified atom stereocenters. The van der Waals surface area contributed by atoms with Crippen molar-refractivity contribution in [1.82, 2.24) is 15.5 Å². The molecule has 1 aliphatic rings. The lowest BCUT2D eigenvalue weighted by atomic mass is 9.92. The van der Waals surface area contributed by atoms with Gasteiger partial charge in [-0.2, -0.15) is 5.10 Å². The average Bonchev–Trinajstić information content (AvgIpc) is 2.80. The van der Waals surface area contributed by atoms with E-state index in [1.54, 1.807) is 6.07 Å². The Hall–Kier alpha value is -1.40. The Morgan fingerprint density at radius 3 is 2.79 bits per heavy atom. The molecule has 2 heterocycles. The monoisotopic (exact) mass is 284 g/mol. The fourth-order valence-electron chi connectivity index (χ4n) is 1.87. The molecule has 1 aromatic heterocycles. The highest BCUT2D eigenvalue weighted by atomic mass is 35.5. The lowest BCUT2D eigenvalue weighted by Gasteiger charge is -2.22. The second-order valence-electron chi connectivity index (χ2n) is 5.19. The third kappa shape index (κ3) is 2.64. The van der Waals surface area contributed by atoms with E-state index in [0.717, 1.165) is 5.69 Å². The summed E-state index contributed by atoms with van der Waals surface area (Å²) in [7, 11) is 0. The Kier molecular flexibility index (Phi) is 3.91. The number of aliphatic hydroxyl groups excluding tert-OH is 1. The van der Waals surface area contributed by atoms with Crippen molar-refractivity contribution in [2.24, 2.45) is 0 Å². The van der Waals surface area contributed by atoms with Crippen molar-refractivity contribution in [3.63, 3.8) is 0 Å². The number of halogens is 1. The summed E-state index contributed by atoms with van der Waals surface area (Å²) in [5.74, 6) is 0.869. The molecule has 2 N–H and O–H groups in total. The van der Waals surface area contributed by atoms with Crippen LogP contribution in [0, 0.1) is 0 Å². The van der Waals surface area contributed by atoms with Gasteiger partial charge in [-0.3, -0.25) is 4.90 Å². The molecule has 0 aromatic carbocycles. The maximum atomic E-state index is 11.7. The molecule has 1 fully saturated rings. The van der Waals surface area contributed by atoms with Crippen LogP contribution in [0.2, 0.25) is 0 Å². The molecule has 0 spiro atoms. The lowest BCUT2D eigenvalue weighted by Crippen LogP contribution is -2.37. The normalized spacial score (nSPS) is 19.7. The summed E-state index contributed by atoms with van der Waals surface area (Å²) in [6, 6.07) is 2.97. The predicted octanol–water partition coefficient (Wildman–Crippen LogP) is 0.883. The SMILES string of the molecule is CC(C)(CCl)c1ccc(N2C(=O)NCC2CO)nn1. The van der Waals surface area contributed by atoms with Crippen LogP contribution in [0.15, 0.2) is 12.1 Å². The van der Waals surface area contributed by atoms with E-state index in [1.165, 1.54) is 4.90 Å². The summed E-state index contributed by atoms with van der Waals surface area (Å²) in [5, 5.41) is 20.1. The van der Waals surface area contributed by atoms with Crippen molar-refractivity contribution in [2.75, 3.05) is 23.9 Å². The fourth-order valence-corrected chi connectivity index (χ4v) is 2.00. The van der Waals surface area contributed by atoms with Gasteiger partial charge in [0.2, 0.25) is 0 Å². The first-order chi connectivity index (χ1) is 8.99. The summed E-state index contributed by atoms with van der Waals surface area (Å²) in [5.41, 5.74) is 0.503. The molecule has 1 aromatic rings. The van der Waals surface area contributed by atoms with Crippen LogP contribution < -0.4 is 10.2 Å². The van der Waals surface area contributed by atoms with Crippen molar-refractivity contribution in [3.05, 3.63) is 17.8 Å². The van der Waals surface area contributed by atoms with Crippen LogP contribution in [0.3, 0.4) is 0 Å². The highest BCUT2D eigenvalue weighted by Gasteiger charge is 2.33. The summed E-state index contributed by atoms with van der Waals surface area (Å²) < 4.78 is 0. The Labute approximate surface area is 116 Å². The minimum Gasteiger partial charge on any atom is -0.394 e. The number of nitrogens with zero attached hydrogens (tertiary/aromatic N) is 3. The number of aromatic nitrogens is 2. The number of urea groups is 1. The van der Waals surface area contributed by atoms with Crippen LogP contribution >= 0.6 is 11.6 Å². The van der Waals surface area contributed by atoms with Crippen molar-refractivity contribution >= 4 is 23.4 Å². The van der Waals surface area contributed by atoms with Crippen LogP contribution in [0.25, 0.3) is 0 Å². The highest BCUT2D eigenvalue weighted by molar-refractivity contribution is 6.18. The first-order valence-corrected chi connectivity index (χ1v) is 6.61. The number of hydrogen-bond donors (Lipinski definition) is 2. The summed E-state index contributed by atoms with van der Waals surface area (Å²) >= 11 is 5.89. The number of amides is 2. The molecule has 2 amide bonds. The molecule has 1 saturated heterocycles. The topological polar surface area (TPSA) is 78.4 Å². The molecule has 0 saturated carbocycles. The summed E-state index contributed by atoms with van der Waals surface area (Å²) in [4.78, 5) is 13.1. The predicted molar refractivity (Wildman–Crippen MR) is 72.5 cm³/mol. The van der Waals surface area contributed by atoms with E-state index in [9.17, 15) is 9.90 Å². The van der Waals surface area contributed by atoms with Crippen molar-refractivity contribution < 1.29 is 9.90 Å². The third-order valence-electron chi connectivity index (χ3n) is 3.21. The van der Waals surface area contributed by atoms with Gasteiger partial charge in [-0.05, 0) is 12.1 Å². The second-order valence-corrected chi connectivity index (χ2v) is 5.45. The highest BCUT2D eigenvalue weighted by Crippen LogP contribution is 2.24. The van der Waals surface area contributed by atoms with Gasteiger partial charge in [0.25, 0.3) is 0 Å². The van der Waals surface area contributed by atoms with Crippen LogP contribution in [-0.4, -0.2) is 46.4 Å². The Bertz CT molecular complexity index is 463. The van der Waals surface area contributed by atoms with Crippen LogP contribution in [0.4, 0.5) is 10.6 Å². The molecule has 0 radical (unpaired) electrons. The minimum absolute atomic E-state index is 0.116. The van der Waals surface area contributed by atoms with E-state index in [2.05, 4.69) is 15.5 Å². The van der Waals surface area contributed by atoms with E-state index >= 15 is 0 Å². The number of rotatable bonds is 4. The van der Waals surface area contributed by atoms with Gasteiger partial charge < -0.3 is 10.4 Å². The third-order valence-corrected chi connectivity index (χ3v) is 3.88. The number of anilines is 1. The quantitative estimate of drug-likeness (QED) is 0.805. The van der Waals surface area contributed by atoms with E-state index in [-0.39, 0.29) is 24.1 Å². The van der Waals surface area contributed by atoms with E-state index in [0.29, 0.717) is 18.2 Å². The van der Waals surface area contributed by atoms with Crippen molar-refractivity contribution in [3.8, 4) is 0 Å². The van der Waals surface area contributed by atoms with E-state index in [4.69, 9.17) is 11.6 Å². The number of nitrogens with one attached hydrogen (secondary N) is 1. The smallest absolute Gasteiger partial charge is 0.323 e. The first-order valence-electron chi connectivity index (χ1n) is 6.07. The Morgan fingerprint density at radius 2 is 2.26 bits per heavy atom. The second kappa shape index (κ2) is 5.30. The number of carbonyl (C=O) groups is 1. The summed E-state index contributed by atoms with van der Waals surface area (Å²) in [6.07, 6.45) is 0. The zero-order valence-electron chi connectivity index (χ0n) is 10.9. The van der Waals surface area contributed by atoms with Gasteiger partial charge in [-0.15, -0.1) is 16.7 Å². The van der Waals surface area contributed by atoms with Gasteiger partial charge in [-0.25, -0.2) is 4.79 Å². The van der Waals surface area contributed by atoms with Gasteiger partial charge in [0.1, 0.15) is 0 Å². The molecule has 19 heavy (non-hydrogen) atoms. The molecular weight excluding hydrogens is 268 g/mol. The van der Waals surface area contributed by atoms with E-state index in [1.807, 2.05) is 19.9 Å². The average molecular weight is 285 g/mol. The molecule has 6 nitrogen and oxygen atoms in total. The largest absolute Gasteiger partial charge is 0.394 e. The molecule has 7 heteroatoms. The number of hydrogen-bond acceptors (Lipinski definition) is 4. The van der Waals surface area contributed by atoms with Crippen LogP contribution in [0.5, 0.6) is 0 Å². The number of carbonyl (C=O) groups excluding carboxylic acids is 1. The number of alkyl halides is 1. The fraction of sp³-hybridized carbons (Fsp3) is 0.583. The zero-order chi connectivity index (χ0) is 14.0. The number of aliphatic hydroxyl groups is 1. The molecule has 104 valence electrons. The molecule has 0 bridgehead atoms. The Balaban J connectivity index is 2.25. The maximum absolute atomic E-state index is 11.7. The molecule has 1 atom stereocenters. The molecule has 1 aliphatic heterocycles. The van der Waals surface area contributed by atoms with Gasteiger partial charge in [0.05, 0.1) is 18.3 Å². The van der Waals surface area contributed by atoms with Gasteiger partial charge in [0, 0.05) is 17.8 Å². The van der Waals surface area contributed by atoms with Crippen LogP contribution in [-0.2, 0) is 5.41 Å². The van der Waals surface area contributed by atoms with Gasteiger partial charge >= 0.3 is 6.03 Å². The van der Waals surface area contributed by atoms with Gasteiger partial charge in [-0.1, -0.05) is 13.8 Å². The molecule has 2 rings (SSSR count). The van der Waals surface area contributed by atoms with Gasteiger partial charge in [0.15, 0.2) is 5.82 Å². The summed E-state index contributed by atoms with van der Waals surface area (Å²) in [6.45, 7) is 4.24.